The first-order valence-electron chi connectivity index (χ1n) is 5.82. The lowest BCUT2D eigenvalue weighted by atomic mass is 10.2. The molecular formula is C12H13F4NO3S. The third-order valence-corrected chi connectivity index (χ3v) is 4.08. The molecule has 4 nitrogen and oxygen atoms in total. The summed E-state index contributed by atoms with van der Waals surface area (Å²) in [5.41, 5.74) is 0. The SMILES string of the molecule is CC=CCC(CO)NS(=O)(=O)c1c(F)c(F)cc(F)c1F. The molecule has 0 radical (unpaired) electrons. The van der Waals surface area contributed by atoms with Gasteiger partial charge in [0, 0.05) is 12.1 Å². The van der Waals surface area contributed by atoms with Crippen molar-refractivity contribution in [3.05, 3.63) is 41.5 Å². The zero-order valence-corrected chi connectivity index (χ0v) is 11.7. The first-order chi connectivity index (χ1) is 9.74. The third kappa shape index (κ3) is 4.02. The second-order valence-corrected chi connectivity index (χ2v) is 5.75. The lowest BCUT2D eigenvalue weighted by Crippen LogP contribution is -2.38. The van der Waals surface area contributed by atoms with E-state index in [1.807, 2.05) is 0 Å². The number of sulfonamides is 1. The van der Waals surface area contributed by atoms with Crippen molar-refractivity contribution in [3.63, 3.8) is 0 Å². The van der Waals surface area contributed by atoms with Gasteiger partial charge in [-0.25, -0.2) is 30.7 Å². The Kier molecular flexibility index (Phi) is 5.87. The van der Waals surface area contributed by atoms with E-state index in [0.717, 1.165) is 0 Å². The summed E-state index contributed by atoms with van der Waals surface area (Å²) in [5, 5.41) is 9.01. The van der Waals surface area contributed by atoms with Gasteiger partial charge >= 0.3 is 0 Å². The molecule has 0 amide bonds. The van der Waals surface area contributed by atoms with Crippen molar-refractivity contribution in [2.45, 2.75) is 24.3 Å². The predicted octanol–water partition coefficient (Wildman–Crippen LogP) is 1.85. The van der Waals surface area contributed by atoms with Crippen molar-refractivity contribution in [1.82, 2.24) is 4.72 Å². The summed E-state index contributed by atoms with van der Waals surface area (Å²) < 4.78 is 78.5. The molecule has 0 aliphatic heterocycles. The van der Waals surface area contributed by atoms with E-state index in [0.29, 0.717) is 0 Å². The van der Waals surface area contributed by atoms with Crippen molar-refractivity contribution in [2.75, 3.05) is 6.61 Å². The highest BCUT2D eigenvalue weighted by Gasteiger charge is 2.31. The Morgan fingerprint density at radius 2 is 1.76 bits per heavy atom. The molecule has 0 saturated carbocycles. The molecule has 0 heterocycles. The number of rotatable bonds is 6. The van der Waals surface area contributed by atoms with Crippen LogP contribution in [-0.4, -0.2) is 26.2 Å². The van der Waals surface area contributed by atoms with Crippen molar-refractivity contribution < 1.29 is 31.1 Å². The van der Waals surface area contributed by atoms with Gasteiger partial charge in [0.25, 0.3) is 0 Å². The van der Waals surface area contributed by atoms with Crippen molar-refractivity contribution in [1.29, 1.82) is 0 Å². The fourth-order valence-electron chi connectivity index (χ4n) is 1.53. The van der Waals surface area contributed by atoms with Gasteiger partial charge in [0.1, 0.15) is 0 Å². The number of allylic oxidation sites excluding steroid dienone is 1. The summed E-state index contributed by atoms with van der Waals surface area (Å²) in [6.45, 7) is 0.981. The second-order valence-electron chi connectivity index (χ2n) is 4.10. The lowest BCUT2D eigenvalue weighted by molar-refractivity contribution is 0.257. The van der Waals surface area contributed by atoms with Gasteiger partial charge < -0.3 is 5.11 Å². The van der Waals surface area contributed by atoms with Gasteiger partial charge in [-0.1, -0.05) is 12.2 Å². The van der Waals surface area contributed by atoms with Gasteiger partial charge in [0.05, 0.1) is 6.61 Å². The van der Waals surface area contributed by atoms with Crippen LogP contribution < -0.4 is 4.72 Å². The molecule has 118 valence electrons. The van der Waals surface area contributed by atoms with Crippen LogP contribution in [0.15, 0.2) is 23.1 Å². The average molecular weight is 327 g/mol. The summed E-state index contributed by atoms with van der Waals surface area (Å²) in [4.78, 5) is -1.75. The van der Waals surface area contributed by atoms with Crippen LogP contribution in [0.2, 0.25) is 0 Å². The maximum atomic E-state index is 13.5. The van der Waals surface area contributed by atoms with Crippen molar-refractivity contribution in [2.24, 2.45) is 0 Å². The average Bonchev–Trinajstić information content (AvgIpc) is 2.41. The maximum Gasteiger partial charge on any atom is 0.246 e. The molecule has 1 rings (SSSR count). The Morgan fingerprint density at radius 3 is 2.19 bits per heavy atom. The third-order valence-electron chi connectivity index (χ3n) is 2.54. The number of benzene rings is 1. The van der Waals surface area contributed by atoms with Gasteiger partial charge in [-0.2, -0.15) is 0 Å². The zero-order valence-electron chi connectivity index (χ0n) is 10.9. The number of hydrogen-bond acceptors (Lipinski definition) is 3. The number of aliphatic hydroxyl groups excluding tert-OH is 1. The van der Waals surface area contributed by atoms with Crippen LogP contribution in [0.3, 0.4) is 0 Å². The molecule has 9 heteroatoms. The minimum absolute atomic E-state index is 0.0350. The Bertz CT molecular complexity index is 620. The minimum Gasteiger partial charge on any atom is -0.395 e. The molecule has 0 bridgehead atoms. The summed E-state index contributed by atoms with van der Waals surface area (Å²) in [6, 6.07) is -1.18. The molecule has 0 spiro atoms. The highest BCUT2D eigenvalue weighted by molar-refractivity contribution is 7.89. The first-order valence-corrected chi connectivity index (χ1v) is 7.30. The normalized spacial score (nSPS) is 13.8. The Morgan fingerprint density at radius 1 is 1.24 bits per heavy atom. The molecule has 21 heavy (non-hydrogen) atoms. The summed E-state index contributed by atoms with van der Waals surface area (Å²) in [7, 11) is -4.88. The van der Waals surface area contributed by atoms with E-state index in [2.05, 4.69) is 0 Å². The lowest BCUT2D eigenvalue weighted by Gasteiger charge is -2.15. The molecular weight excluding hydrogens is 314 g/mol. The quantitative estimate of drug-likeness (QED) is 0.476. The van der Waals surface area contributed by atoms with Gasteiger partial charge in [-0.3, -0.25) is 0 Å². The van der Waals surface area contributed by atoms with E-state index in [-0.39, 0.29) is 12.5 Å². The van der Waals surface area contributed by atoms with E-state index in [9.17, 15) is 26.0 Å². The smallest absolute Gasteiger partial charge is 0.246 e. The predicted molar refractivity (Wildman–Crippen MR) is 66.9 cm³/mol. The van der Waals surface area contributed by atoms with E-state index < -0.39 is 50.8 Å². The summed E-state index contributed by atoms with van der Waals surface area (Å²) in [6.07, 6.45) is 3.11. The van der Waals surface area contributed by atoms with Crippen LogP contribution in [0.1, 0.15) is 13.3 Å². The van der Waals surface area contributed by atoms with Crippen LogP contribution in [0, 0.1) is 23.3 Å². The van der Waals surface area contributed by atoms with Crippen LogP contribution in [-0.2, 0) is 10.0 Å². The zero-order chi connectivity index (χ0) is 16.2. The first kappa shape index (κ1) is 17.6. The topological polar surface area (TPSA) is 66.4 Å². The minimum atomic E-state index is -4.88. The van der Waals surface area contributed by atoms with Gasteiger partial charge in [-0.15, -0.1) is 0 Å². The number of hydrogen-bond donors (Lipinski definition) is 2. The Labute approximate surface area is 119 Å². The fraction of sp³-hybridized carbons (Fsp3) is 0.333. The highest BCUT2D eigenvalue weighted by Crippen LogP contribution is 2.24. The van der Waals surface area contributed by atoms with Crippen molar-refractivity contribution >= 4 is 10.0 Å². The summed E-state index contributed by atoms with van der Waals surface area (Å²) in [5.74, 6) is -7.71. The van der Waals surface area contributed by atoms with Crippen LogP contribution in [0.4, 0.5) is 17.6 Å². The molecule has 0 aromatic heterocycles. The highest BCUT2D eigenvalue weighted by atomic mass is 32.2. The number of halogens is 4. The molecule has 0 aliphatic rings. The van der Waals surface area contributed by atoms with Crippen LogP contribution >= 0.6 is 0 Å². The number of nitrogens with one attached hydrogen (secondary N) is 1. The van der Waals surface area contributed by atoms with E-state index in [1.165, 1.54) is 6.08 Å². The van der Waals surface area contributed by atoms with E-state index in [4.69, 9.17) is 5.11 Å². The molecule has 0 aliphatic carbocycles. The molecule has 2 N–H and O–H groups in total. The second kappa shape index (κ2) is 7.01. The fourth-order valence-corrected chi connectivity index (χ4v) is 2.92. The molecule has 0 fully saturated rings. The maximum absolute atomic E-state index is 13.5. The molecule has 1 unspecified atom stereocenters. The van der Waals surface area contributed by atoms with Gasteiger partial charge in [-0.05, 0) is 13.3 Å². The Hall–Kier alpha value is -1.45. The van der Waals surface area contributed by atoms with Gasteiger partial charge in [0.2, 0.25) is 10.0 Å². The monoisotopic (exact) mass is 327 g/mol. The van der Waals surface area contributed by atoms with Crippen molar-refractivity contribution in [3.8, 4) is 0 Å². The van der Waals surface area contributed by atoms with Crippen LogP contribution in [0.25, 0.3) is 0 Å². The van der Waals surface area contributed by atoms with Gasteiger partial charge in [0.15, 0.2) is 28.2 Å². The molecule has 1 aromatic carbocycles. The number of aliphatic hydroxyl groups is 1. The molecule has 1 aromatic rings. The molecule has 1 atom stereocenters. The van der Waals surface area contributed by atoms with E-state index >= 15 is 0 Å². The largest absolute Gasteiger partial charge is 0.395 e. The standard InChI is InChI=1S/C12H13F4NO3S/c1-2-3-4-7(6-18)17-21(19,20)12-10(15)8(13)5-9(14)11(12)16/h2-3,5,7,17-18H,4,6H2,1H3. The summed E-state index contributed by atoms with van der Waals surface area (Å²) >= 11 is 0. The van der Waals surface area contributed by atoms with E-state index in [1.54, 1.807) is 17.7 Å². The molecule has 0 saturated heterocycles. The van der Waals surface area contributed by atoms with Crippen LogP contribution in [0.5, 0.6) is 0 Å². The Balaban J connectivity index is 3.25.